The Morgan fingerprint density at radius 1 is 1.31 bits per heavy atom. The number of hydrogen-bond donors (Lipinski definition) is 2. The van der Waals surface area contributed by atoms with Crippen molar-refractivity contribution in [2.75, 3.05) is 10.8 Å². The van der Waals surface area contributed by atoms with Crippen LogP contribution in [0, 0.1) is 11.0 Å². The van der Waals surface area contributed by atoms with Gasteiger partial charge in [-0.2, -0.15) is 5.10 Å². The molecule has 2 rings (SSSR count). The van der Waals surface area contributed by atoms with E-state index in [0.29, 0.717) is 11.5 Å². The summed E-state index contributed by atoms with van der Waals surface area (Å²) in [6, 6.07) is 5.53. The molecule has 5 nitrogen and oxygen atoms in total. The molecule has 0 aliphatic rings. The summed E-state index contributed by atoms with van der Waals surface area (Å²) in [4.78, 5) is 0. The number of halogens is 1. The highest BCUT2D eigenvalue weighted by atomic mass is 19.1. The van der Waals surface area contributed by atoms with Crippen LogP contribution in [-0.2, 0) is 7.05 Å². The first-order chi connectivity index (χ1) is 7.69. The number of benzene rings is 1. The van der Waals surface area contributed by atoms with Crippen molar-refractivity contribution < 1.29 is 4.39 Å². The van der Waals surface area contributed by atoms with Gasteiger partial charge in [0.25, 0.3) is 0 Å². The van der Waals surface area contributed by atoms with Crippen molar-refractivity contribution in [3.05, 3.63) is 41.5 Å². The van der Waals surface area contributed by atoms with E-state index in [2.05, 4.69) is 10.4 Å². The van der Waals surface area contributed by atoms with Crippen LogP contribution in [0.5, 0.6) is 0 Å². The van der Waals surface area contributed by atoms with Gasteiger partial charge in [-0.1, -0.05) is 0 Å². The topological polar surface area (TPSA) is 64.9 Å². The van der Waals surface area contributed by atoms with Gasteiger partial charge in [-0.3, -0.25) is 4.68 Å². The lowest BCUT2D eigenvalue weighted by molar-refractivity contribution is 0.628. The van der Waals surface area contributed by atoms with E-state index in [9.17, 15) is 9.60 Å². The Morgan fingerprint density at radius 3 is 2.75 bits per heavy atom. The molecule has 0 amide bonds. The van der Waals surface area contributed by atoms with Crippen LogP contribution in [0.4, 0.5) is 21.6 Å². The molecule has 6 heteroatoms. The van der Waals surface area contributed by atoms with Gasteiger partial charge >= 0.3 is 0 Å². The van der Waals surface area contributed by atoms with Crippen molar-refractivity contribution in [3.63, 3.8) is 0 Å². The first kappa shape index (κ1) is 10.4. The number of nitrogens with one attached hydrogen (secondary N) is 2. The highest BCUT2D eigenvalue weighted by Gasteiger charge is 2.03. The molecule has 2 N–H and O–H groups in total. The van der Waals surface area contributed by atoms with E-state index in [4.69, 9.17) is 0 Å². The second-order valence-electron chi connectivity index (χ2n) is 3.29. The van der Waals surface area contributed by atoms with Crippen molar-refractivity contribution in [1.29, 1.82) is 0 Å². The number of aromatic nitrogens is 2. The Bertz CT molecular complexity index is 497. The molecule has 1 heterocycles. The van der Waals surface area contributed by atoms with E-state index < -0.39 is 5.82 Å². The maximum Gasteiger partial charge on any atom is 0.152 e. The van der Waals surface area contributed by atoms with Crippen LogP contribution in [0.3, 0.4) is 0 Å². The average molecular weight is 221 g/mol. The zero-order valence-corrected chi connectivity index (χ0v) is 8.57. The third-order valence-electron chi connectivity index (χ3n) is 2.07. The maximum atomic E-state index is 13.0. The molecule has 16 heavy (non-hydrogen) atoms. The Labute approximate surface area is 91.5 Å². The fraction of sp³-hybridized carbons (Fsp3) is 0.100. The van der Waals surface area contributed by atoms with E-state index >= 15 is 0 Å². The summed E-state index contributed by atoms with van der Waals surface area (Å²) >= 11 is 0. The van der Waals surface area contributed by atoms with E-state index in [0.717, 1.165) is 0 Å². The summed E-state index contributed by atoms with van der Waals surface area (Å²) < 4.78 is 14.6. The Hall–Kier alpha value is -2.08. The van der Waals surface area contributed by atoms with Gasteiger partial charge < -0.3 is 16.0 Å². The standard InChI is InChI=1S/C10H10FN4O/c1-15-5-4-10(13-15)12-9-6-7(11)2-3-8(9)14-16/h2-6,14H,1H3,(H,12,13)/q-1. The predicted octanol–water partition coefficient (Wildman–Crippen LogP) is 2.21. The number of hydrogen-bond acceptors (Lipinski definition) is 4. The van der Waals surface area contributed by atoms with Crippen molar-refractivity contribution >= 4 is 17.2 Å². The van der Waals surface area contributed by atoms with Gasteiger partial charge in [0.2, 0.25) is 0 Å². The molecular formula is C10H10FN4O-. The predicted molar refractivity (Wildman–Crippen MR) is 59.9 cm³/mol. The molecule has 2 aromatic rings. The van der Waals surface area contributed by atoms with Crippen LogP contribution in [0.15, 0.2) is 30.5 Å². The van der Waals surface area contributed by atoms with Crippen molar-refractivity contribution in [2.45, 2.75) is 0 Å². The lowest BCUT2D eigenvalue weighted by atomic mass is 10.2. The molecule has 0 atom stereocenters. The van der Waals surface area contributed by atoms with Gasteiger partial charge in [0.15, 0.2) is 5.82 Å². The summed E-state index contributed by atoms with van der Waals surface area (Å²) in [6.07, 6.45) is 1.74. The molecule has 0 fully saturated rings. The highest BCUT2D eigenvalue weighted by Crippen LogP contribution is 2.25. The molecule has 0 unspecified atom stereocenters. The van der Waals surface area contributed by atoms with Gasteiger partial charge in [0, 0.05) is 25.0 Å². The lowest BCUT2D eigenvalue weighted by Gasteiger charge is -2.15. The Morgan fingerprint density at radius 2 is 2.12 bits per heavy atom. The van der Waals surface area contributed by atoms with Gasteiger partial charge in [0.1, 0.15) is 5.82 Å². The van der Waals surface area contributed by atoms with E-state index in [-0.39, 0.29) is 5.69 Å². The first-order valence-corrected chi connectivity index (χ1v) is 4.63. The molecule has 0 saturated heterocycles. The molecule has 84 valence electrons. The van der Waals surface area contributed by atoms with Crippen LogP contribution in [-0.4, -0.2) is 9.78 Å². The molecule has 1 aromatic heterocycles. The summed E-state index contributed by atoms with van der Waals surface area (Å²) in [7, 11) is 1.77. The quantitative estimate of drug-likeness (QED) is 0.780. The second-order valence-corrected chi connectivity index (χ2v) is 3.29. The minimum atomic E-state index is -0.419. The van der Waals surface area contributed by atoms with Crippen molar-refractivity contribution in [1.82, 2.24) is 9.78 Å². The normalized spacial score (nSPS) is 10.2. The molecule has 0 aliphatic carbocycles. The second kappa shape index (κ2) is 4.19. The number of anilines is 3. The summed E-state index contributed by atoms with van der Waals surface area (Å²) in [5, 5.41) is 17.5. The molecule has 0 spiro atoms. The first-order valence-electron chi connectivity index (χ1n) is 4.63. The minimum absolute atomic E-state index is 0.270. The van der Waals surface area contributed by atoms with Gasteiger partial charge in [0.05, 0.1) is 5.69 Å². The summed E-state index contributed by atoms with van der Waals surface area (Å²) in [6.45, 7) is 0. The molecule has 0 radical (unpaired) electrons. The molecule has 0 saturated carbocycles. The molecule has 0 aliphatic heterocycles. The van der Waals surface area contributed by atoms with Crippen molar-refractivity contribution in [2.24, 2.45) is 7.05 Å². The van der Waals surface area contributed by atoms with Crippen LogP contribution in [0.2, 0.25) is 0 Å². The summed E-state index contributed by atoms with van der Waals surface area (Å²) in [5.74, 6) is 0.127. The largest absolute Gasteiger partial charge is 0.761 e. The number of nitrogens with zero attached hydrogens (tertiary/aromatic N) is 2. The Kier molecular flexibility index (Phi) is 2.74. The molecule has 0 bridgehead atoms. The van der Waals surface area contributed by atoms with E-state index in [1.54, 1.807) is 29.5 Å². The van der Waals surface area contributed by atoms with Crippen LogP contribution in [0.25, 0.3) is 0 Å². The maximum absolute atomic E-state index is 13.0. The van der Waals surface area contributed by atoms with Crippen LogP contribution in [0.1, 0.15) is 0 Å². The van der Waals surface area contributed by atoms with E-state index in [1.807, 2.05) is 0 Å². The number of rotatable bonds is 3. The minimum Gasteiger partial charge on any atom is -0.761 e. The highest BCUT2D eigenvalue weighted by molar-refractivity contribution is 5.73. The Balaban J connectivity index is 2.29. The smallest absolute Gasteiger partial charge is 0.152 e. The average Bonchev–Trinajstić information content (AvgIpc) is 2.64. The zero-order chi connectivity index (χ0) is 11.5. The van der Waals surface area contributed by atoms with Crippen molar-refractivity contribution in [3.8, 4) is 0 Å². The fourth-order valence-electron chi connectivity index (χ4n) is 1.33. The van der Waals surface area contributed by atoms with Gasteiger partial charge in [-0.15, -0.1) is 0 Å². The third-order valence-corrected chi connectivity index (χ3v) is 2.07. The third kappa shape index (κ3) is 2.12. The number of aryl methyl sites for hydroxylation is 1. The molecular weight excluding hydrogens is 211 g/mol. The lowest BCUT2D eigenvalue weighted by Crippen LogP contribution is -1.98. The SMILES string of the molecule is Cn1ccc(Nc2cc(F)ccc2N[O-])n1. The van der Waals surface area contributed by atoms with Gasteiger partial charge in [-0.25, -0.2) is 4.39 Å². The van der Waals surface area contributed by atoms with Gasteiger partial charge in [-0.05, 0) is 18.2 Å². The zero-order valence-electron chi connectivity index (χ0n) is 8.57. The van der Waals surface area contributed by atoms with Crippen LogP contribution < -0.4 is 10.8 Å². The summed E-state index contributed by atoms with van der Waals surface area (Å²) in [5.41, 5.74) is 2.36. The van der Waals surface area contributed by atoms with E-state index in [1.165, 1.54) is 18.2 Å². The molecule has 1 aromatic carbocycles. The monoisotopic (exact) mass is 221 g/mol. The fourth-order valence-corrected chi connectivity index (χ4v) is 1.33. The van der Waals surface area contributed by atoms with Crippen LogP contribution >= 0.6 is 0 Å².